The number of nitrogens with zero attached hydrogens (tertiary/aromatic N) is 2. The monoisotopic (exact) mass is 326 g/mol. The zero-order chi connectivity index (χ0) is 16.8. The lowest BCUT2D eigenvalue weighted by molar-refractivity contribution is 0.247. The number of likely N-dealkylation sites (tertiary alicyclic amines) is 1. The summed E-state index contributed by atoms with van der Waals surface area (Å²) >= 11 is 0. The number of aromatic nitrogens is 1. The third-order valence-electron chi connectivity index (χ3n) is 4.07. The van der Waals surface area contributed by atoms with Crippen LogP contribution in [0.25, 0.3) is 0 Å². The SMILES string of the molecule is COc1ncccc1NC(=O)N[C@H]1CCN(Cc2ccccc2)C1. The maximum absolute atomic E-state index is 12.2. The summed E-state index contributed by atoms with van der Waals surface area (Å²) in [6.07, 6.45) is 2.57. The molecule has 24 heavy (non-hydrogen) atoms. The number of urea groups is 1. The second-order valence-corrected chi connectivity index (χ2v) is 5.87. The molecule has 0 spiro atoms. The quantitative estimate of drug-likeness (QED) is 0.886. The Balaban J connectivity index is 1.49. The van der Waals surface area contributed by atoms with Crippen LogP contribution in [-0.4, -0.2) is 42.2 Å². The predicted octanol–water partition coefficient (Wildman–Crippen LogP) is 2.49. The van der Waals surface area contributed by atoms with Crippen LogP contribution in [0.15, 0.2) is 48.7 Å². The van der Waals surface area contributed by atoms with Gasteiger partial charge >= 0.3 is 6.03 Å². The lowest BCUT2D eigenvalue weighted by atomic mass is 10.2. The highest BCUT2D eigenvalue weighted by molar-refractivity contribution is 5.90. The van der Waals surface area contributed by atoms with Crippen LogP contribution in [0.1, 0.15) is 12.0 Å². The molecule has 126 valence electrons. The summed E-state index contributed by atoms with van der Waals surface area (Å²) in [7, 11) is 1.53. The van der Waals surface area contributed by atoms with Gasteiger partial charge in [0.15, 0.2) is 0 Å². The molecule has 1 aromatic carbocycles. The molecular formula is C18H22N4O2. The molecule has 0 aliphatic carbocycles. The van der Waals surface area contributed by atoms with E-state index in [1.807, 2.05) is 6.07 Å². The van der Waals surface area contributed by atoms with Gasteiger partial charge in [0.25, 0.3) is 0 Å². The first kappa shape index (κ1) is 16.3. The van der Waals surface area contributed by atoms with Gasteiger partial charge in [0.1, 0.15) is 5.69 Å². The van der Waals surface area contributed by atoms with Gasteiger partial charge in [0.2, 0.25) is 5.88 Å². The normalized spacial score (nSPS) is 17.5. The molecule has 1 aliphatic heterocycles. The highest BCUT2D eigenvalue weighted by atomic mass is 16.5. The molecular weight excluding hydrogens is 304 g/mol. The van der Waals surface area contributed by atoms with Crippen LogP contribution in [0, 0.1) is 0 Å². The number of carbonyl (C=O) groups is 1. The summed E-state index contributed by atoms with van der Waals surface area (Å²) < 4.78 is 5.14. The molecule has 0 radical (unpaired) electrons. The van der Waals surface area contributed by atoms with E-state index in [1.165, 1.54) is 12.7 Å². The van der Waals surface area contributed by atoms with E-state index in [9.17, 15) is 4.79 Å². The molecule has 0 unspecified atom stereocenters. The molecule has 6 heteroatoms. The van der Waals surface area contributed by atoms with Crippen LogP contribution in [0.3, 0.4) is 0 Å². The summed E-state index contributed by atoms with van der Waals surface area (Å²) in [5.74, 6) is 0.407. The third-order valence-corrected chi connectivity index (χ3v) is 4.07. The molecule has 0 bridgehead atoms. The summed E-state index contributed by atoms with van der Waals surface area (Å²) in [4.78, 5) is 18.6. The Morgan fingerprint density at radius 3 is 2.92 bits per heavy atom. The zero-order valence-electron chi connectivity index (χ0n) is 13.7. The van der Waals surface area contributed by atoms with Gasteiger partial charge in [0, 0.05) is 31.9 Å². The molecule has 2 aromatic rings. The third kappa shape index (κ3) is 4.23. The standard InChI is InChI=1S/C18H22N4O2/c1-24-17-16(8-5-10-19-17)21-18(23)20-15-9-11-22(13-15)12-14-6-3-2-4-7-14/h2-8,10,15H,9,11-13H2,1H3,(H2,20,21,23)/t15-/m0/s1. The van der Waals surface area contributed by atoms with Crippen LogP contribution in [0.4, 0.5) is 10.5 Å². The minimum absolute atomic E-state index is 0.149. The smallest absolute Gasteiger partial charge is 0.319 e. The second kappa shape index (κ2) is 7.79. The highest BCUT2D eigenvalue weighted by Crippen LogP contribution is 2.20. The van der Waals surface area contributed by atoms with Gasteiger partial charge in [-0.25, -0.2) is 9.78 Å². The number of ether oxygens (including phenoxy) is 1. The number of pyridine rings is 1. The van der Waals surface area contributed by atoms with Crippen molar-refractivity contribution in [2.24, 2.45) is 0 Å². The number of nitrogens with one attached hydrogen (secondary N) is 2. The minimum atomic E-state index is -0.229. The number of hydrogen-bond donors (Lipinski definition) is 2. The number of rotatable bonds is 5. The average molecular weight is 326 g/mol. The van der Waals surface area contributed by atoms with Crippen molar-refractivity contribution in [3.8, 4) is 5.88 Å². The Bertz CT molecular complexity index is 678. The van der Waals surface area contributed by atoms with Crippen LogP contribution in [0.5, 0.6) is 5.88 Å². The van der Waals surface area contributed by atoms with Gasteiger partial charge in [-0.3, -0.25) is 4.90 Å². The Labute approximate surface area is 141 Å². The average Bonchev–Trinajstić information content (AvgIpc) is 3.03. The molecule has 1 fully saturated rings. The van der Waals surface area contributed by atoms with Gasteiger partial charge in [0.05, 0.1) is 7.11 Å². The first-order valence-corrected chi connectivity index (χ1v) is 8.07. The van der Waals surface area contributed by atoms with E-state index in [0.717, 1.165) is 26.1 Å². The number of hydrogen-bond acceptors (Lipinski definition) is 4. The van der Waals surface area contributed by atoms with Crippen molar-refractivity contribution in [3.05, 3.63) is 54.2 Å². The first-order valence-electron chi connectivity index (χ1n) is 8.07. The first-order chi connectivity index (χ1) is 11.7. The maximum Gasteiger partial charge on any atom is 0.319 e. The van der Waals surface area contributed by atoms with E-state index in [2.05, 4.69) is 44.8 Å². The topological polar surface area (TPSA) is 66.5 Å². The van der Waals surface area contributed by atoms with Gasteiger partial charge in [-0.1, -0.05) is 30.3 Å². The number of anilines is 1. The van der Waals surface area contributed by atoms with E-state index < -0.39 is 0 Å². The minimum Gasteiger partial charge on any atom is -0.480 e. The molecule has 6 nitrogen and oxygen atoms in total. The van der Waals surface area contributed by atoms with Crippen molar-refractivity contribution in [1.82, 2.24) is 15.2 Å². The van der Waals surface area contributed by atoms with Gasteiger partial charge in [-0.15, -0.1) is 0 Å². The summed E-state index contributed by atoms with van der Waals surface area (Å²) in [5, 5.41) is 5.82. The fourth-order valence-electron chi connectivity index (χ4n) is 2.93. The zero-order valence-corrected chi connectivity index (χ0v) is 13.7. The van der Waals surface area contributed by atoms with Crippen molar-refractivity contribution < 1.29 is 9.53 Å². The molecule has 1 atom stereocenters. The number of carbonyl (C=O) groups excluding carboxylic acids is 1. The molecule has 1 aliphatic rings. The molecule has 1 saturated heterocycles. The number of methoxy groups -OCH3 is 1. The van der Waals surface area contributed by atoms with Gasteiger partial charge in [-0.2, -0.15) is 0 Å². The van der Waals surface area contributed by atoms with E-state index in [0.29, 0.717) is 11.6 Å². The molecule has 2 amide bonds. The molecule has 0 saturated carbocycles. The van der Waals surface area contributed by atoms with Crippen molar-refractivity contribution >= 4 is 11.7 Å². The van der Waals surface area contributed by atoms with Crippen LogP contribution in [-0.2, 0) is 6.54 Å². The Kier molecular flexibility index (Phi) is 5.28. The summed E-state index contributed by atoms with van der Waals surface area (Å²) in [6.45, 7) is 2.75. The number of amides is 2. The van der Waals surface area contributed by atoms with Crippen LogP contribution >= 0.6 is 0 Å². The predicted molar refractivity (Wildman–Crippen MR) is 93.1 cm³/mol. The molecule has 1 aromatic heterocycles. The summed E-state index contributed by atoms with van der Waals surface area (Å²) in [6, 6.07) is 13.8. The lowest BCUT2D eigenvalue weighted by Gasteiger charge is -2.17. The fraction of sp³-hybridized carbons (Fsp3) is 0.333. The highest BCUT2D eigenvalue weighted by Gasteiger charge is 2.24. The van der Waals surface area contributed by atoms with E-state index in [-0.39, 0.29) is 12.1 Å². The van der Waals surface area contributed by atoms with E-state index in [1.54, 1.807) is 18.3 Å². The lowest BCUT2D eigenvalue weighted by Crippen LogP contribution is -2.39. The summed E-state index contributed by atoms with van der Waals surface area (Å²) in [5.41, 5.74) is 1.86. The van der Waals surface area contributed by atoms with E-state index >= 15 is 0 Å². The van der Waals surface area contributed by atoms with Crippen molar-refractivity contribution in [3.63, 3.8) is 0 Å². The van der Waals surface area contributed by atoms with Crippen LogP contribution < -0.4 is 15.4 Å². The van der Waals surface area contributed by atoms with Crippen molar-refractivity contribution in [2.45, 2.75) is 19.0 Å². The van der Waals surface area contributed by atoms with Crippen molar-refractivity contribution in [2.75, 3.05) is 25.5 Å². The Morgan fingerprint density at radius 2 is 2.12 bits per heavy atom. The van der Waals surface area contributed by atoms with Gasteiger partial charge in [-0.05, 0) is 24.1 Å². The fourth-order valence-corrected chi connectivity index (χ4v) is 2.93. The second-order valence-electron chi connectivity index (χ2n) is 5.87. The van der Waals surface area contributed by atoms with Crippen molar-refractivity contribution in [1.29, 1.82) is 0 Å². The Hall–Kier alpha value is -2.60. The molecule has 2 heterocycles. The maximum atomic E-state index is 12.2. The van der Waals surface area contributed by atoms with Crippen LogP contribution in [0.2, 0.25) is 0 Å². The molecule has 2 N–H and O–H groups in total. The number of benzene rings is 1. The molecule has 3 rings (SSSR count). The van der Waals surface area contributed by atoms with E-state index in [4.69, 9.17) is 4.74 Å². The Morgan fingerprint density at radius 1 is 1.29 bits per heavy atom. The largest absolute Gasteiger partial charge is 0.480 e. The van der Waals surface area contributed by atoms with Gasteiger partial charge < -0.3 is 15.4 Å².